The van der Waals surface area contributed by atoms with E-state index in [0.29, 0.717) is 5.76 Å². The Balaban J connectivity index is 2.59. The summed E-state index contributed by atoms with van der Waals surface area (Å²) in [5, 5.41) is 8.62. The number of hydrogen-bond acceptors (Lipinski definition) is 3. The molecular formula is C7H10O2S. The fourth-order valence-corrected chi connectivity index (χ4v) is 1.17. The second kappa shape index (κ2) is 3.68. The maximum Gasteiger partial charge on any atom is 0.129 e. The molecule has 1 rings (SSSR count). The van der Waals surface area contributed by atoms with Crippen molar-refractivity contribution in [3.05, 3.63) is 23.7 Å². The first-order chi connectivity index (χ1) is 4.86. The van der Waals surface area contributed by atoms with E-state index in [-0.39, 0.29) is 6.61 Å². The molecule has 2 nitrogen and oxygen atoms in total. The zero-order valence-corrected chi connectivity index (χ0v) is 6.65. The number of hydrogen-bond donors (Lipinski definition) is 1. The van der Waals surface area contributed by atoms with Gasteiger partial charge in [-0.3, -0.25) is 0 Å². The summed E-state index contributed by atoms with van der Waals surface area (Å²) >= 11 is 1.70. The van der Waals surface area contributed by atoms with E-state index in [0.717, 1.165) is 11.5 Å². The van der Waals surface area contributed by atoms with Crippen molar-refractivity contribution in [1.29, 1.82) is 0 Å². The van der Waals surface area contributed by atoms with Crippen molar-refractivity contribution in [3.8, 4) is 0 Å². The summed E-state index contributed by atoms with van der Waals surface area (Å²) in [6.07, 6.45) is 2.02. The van der Waals surface area contributed by atoms with Gasteiger partial charge in [-0.15, -0.1) is 0 Å². The molecule has 10 heavy (non-hydrogen) atoms. The molecule has 3 heteroatoms. The van der Waals surface area contributed by atoms with Gasteiger partial charge in [0.2, 0.25) is 0 Å². The Hall–Kier alpha value is -0.410. The second-order valence-electron chi connectivity index (χ2n) is 1.96. The standard InChI is InChI=1S/C7H10O2S/c1-10-5-7-3-2-6(4-8)9-7/h2-3,8H,4-5H2,1H3. The molecule has 0 saturated heterocycles. The summed E-state index contributed by atoms with van der Waals surface area (Å²) in [5.74, 6) is 2.45. The van der Waals surface area contributed by atoms with Crippen LogP contribution in [-0.4, -0.2) is 11.4 Å². The first kappa shape index (κ1) is 7.69. The van der Waals surface area contributed by atoms with Gasteiger partial charge in [0.05, 0.1) is 5.75 Å². The van der Waals surface area contributed by atoms with Gasteiger partial charge in [0.25, 0.3) is 0 Å². The van der Waals surface area contributed by atoms with Crippen LogP contribution in [0, 0.1) is 0 Å². The summed E-state index contributed by atoms with van der Waals surface area (Å²) in [6.45, 7) is -0.00557. The fourth-order valence-electron chi connectivity index (χ4n) is 0.727. The Labute approximate surface area is 64.2 Å². The van der Waals surface area contributed by atoms with Gasteiger partial charge >= 0.3 is 0 Å². The van der Waals surface area contributed by atoms with Crippen LogP contribution in [0.4, 0.5) is 0 Å². The van der Waals surface area contributed by atoms with E-state index >= 15 is 0 Å². The molecule has 0 bridgehead atoms. The van der Waals surface area contributed by atoms with E-state index in [4.69, 9.17) is 9.52 Å². The van der Waals surface area contributed by atoms with E-state index in [1.807, 2.05) is 12.3 Å². The number of thioether (sulfide) groups is 1. The lowest BCUT2D eigenvalue weighted by molar-refractivity contribution is 0.244. The molecule has 0 aliphatic heterocycles. The van der Waals surface area contributed by atoms with Crippen LogP contribution in [0.3, 0.4) is 0 Å². The van der Waals surface area contributed by atoms with Gasteiger partial charge in [0.1, 0.15) is 18.1 Å². The van der Waals surface area contributed by atoms with E-state index in [9.17, 15) is 0 Å². The molecule has 0 fully saturated rings. The largest absolute Gasteiger partial charge is 0.463 e. The first-order valence-electron chi connectivity index (χ1n) is 3.04. The molecule has 0 unspecified atom stereocenters. The summed E-state index contributed by atoms with van der Waals surface area (Å²) in [6, 6.07) is 3.69. The molecule has 0 radical (unpaired) electrons. The third-order valence-corrected chi connectivity index (χ3v) is 1.73. The number of furan rings is 1. The predicted molar refractivity (Wildman–Crippen MR) is 41.8 cm³/mol. The fraction of sp³-hybridized carbons (Fsp3) is 0.429. The maximum atomic E-state index is 8.62. The summed E-state index contributed by atoms with van der Waals surface area (Å²) in [7, 11) is 0. The van der Waals surface area contributed by atoms with Gasteiger partial charge < -0.3 is 9.52 Å². The molecule has 0 aliphatic rings. The topological polar surface area (TPSA) is 33.4 Å². The highest BCUT2D eigenvalue weighted by atomic mass is 32.2. The molecule has 0 aromatic carbocycles. The highest BCUT2D eigenvalue weighted by molar-refractivity contribution is 7.97. The SMILES string of the molecule is CSCc1ccc(CO)o1. The third kappa shape index (κ3) is 1.78. The van der Waals surface area contributed by atoms with Crippen molar-refractivity contribution in [1.82, 2.24) is 0 Å². The van der Waals surface area contributed by atoms with Gasteiger partial charge in [-0.05, 0) is 18.4 Å². The molecule has 1 N–H and O–H groups in total. The van der Waals surface area contributed by atoms with Crippen LogP contribution in [0.2, 0.25) is 0 Å². The minimum Gasteiger partial charge on any atom is -0.463 e. The zero-order chi connectivity index (χ0) is 7.40. The van der Waals surface area contributed by atoms with Crippen LogP contribution in [0.1, 0.15) is 11.5 Å². The van der Waals surface area contributed by atoms with Gasteiger partial charge in [0, 0.05) is 0 Å². The van der Waals surface area contributed by atoms with E-state index in [1.54, 1.807) is 17.8 Å². The summed E-state index contributed by atoms with van der Waals surface area (Å²) in [4.78, 5) is 0. The van der Waals surface area contributed by atoms with E-state index in [1.165, 1.54) is 0 Å². The Kier molecular flexibility index (Phi) is 2.83. The Bertz CT molecular complexity index is 195. The second-order valence-corrected chi connectivity index (χ2v) is 2.83. The van der Waals surface area contributed by atoms with Crippen LogP contribution in [0.25, 0.3) is 0 Å². The molecule has 1 aromatic rings. The van der Waals surface area contributed by atoms with Gasteiger partial charge in [0.15, 0.2) is 0 Å². The summed E-state index contributed by atoms with van der Waals surface area (Å²) < 4.78 is 5.20. The van der Waals surface area contributed by atoms with Crippen LogP contribution in [0.5, 0.6) is 0 Å². The van der Waals surface area contributed by atoms with Gasteiger partial charge in [-0.2, -0.15) is 11.8 Å². The highest BCUT2D eigenvalue weighted by Gasteiger charge is 1.98. The van der Waals surface area contributed by atoms with Crippen LogP contribution in [-0.2, 0) is 12.4 Å². The quantitative estimate of drug-likeness (QED) is 0.726. The molecule has 0 aliphatic carbocycles. The lowest BCUT2D eigenvalue weighted by Crippen LogP contribution is -1.75. The monoisotopic (exact) mass is 158 g/mol. The molecule has 1 heterocycles. The molecule has 0 saturated carbocycles. The number of rotatable bonds is 3. The van der Waals surface area contributed by atoms with Crippen molar-refractivity contribution in [2.45, 2.75) is 12.4 Å². The van der Waals surface area contributed by atoms with Crippen molar-refractivity contribution in [2.24, 2.45) is 0 Å². The molecule has 0 spiro atoms. The van der Waals surface area contributed by atoms with E-state index < -0.39 is 0 Å². The lowest BCUT2D eigenvalue weighted by Gasteiger charge is -1.89. The zero-order valence-electron chi connectivity index (χ0n) is 5.83. The van der Waals surface area contributed by atoms with E-state index in [2.05, 4.69) is 0 Å². The average molecular weight is 158 g/mol. The van der Waals surface area contributed by atoms with Crippen LogP contribution < -0.4 is 0 Å². The normalized spacial score (nSPS) is 10.2. The first-order valence-corrected chi connectivity index (χ1v) is 4.43. The minimum absolute atomic E-state index is 0.00557. The molecular weight excluding hydrogens is 148 g/mol. The summed E-state index contributed by atoms with van der Waals surface area (Å²) in [5.41, 5.74) is 0. The lowest BCUT2D eigenvalue weighted by atomic mass is 10.4. The van der Waals surface area contributed by atoms with Crippen molar-refractivity contribution in [3.63, 3.8) is 0 Å². The average Bonchev–Trinajstić information content (AvgIpc) is 2.37. The molecule has 0 atom stereocenters. The number of aliphatic hydroxyl groups is 1. The van der Waals surface area contributed by atoms with Gasteiger partial charge in [-0.25, -0.2) is 0 Å². The number of aliphatic hydroxyl groups excluding tert-OH is 1. The Morgan fingerprint density at radius 1 is 1.50 bits per heavy atom. The van der Waals surface area contributed by atoms with Crippen molar-refractivity contribution in [2.75, 3.05) is 6.26 Å². The van der Waals surface area contributed by atoms with Crippen LogP contribution in [0.15, 0.2) is 16.5 Å². The van der Waals surface area contributed by atoms with Crippen LogP contribution >= 0.6 is 11.8 Å². The molecule has 0 amide bonds. The third-order valence-electron chi connectivity index (χ3n) is 1.16. The Morgan fingerprint density at radius 2 is 2.20 bits per heavy atom. The maximum absolute atomic E-state index is 8.62. The minimum atomic E-state index is -0.00557. The Morgan fingerprint density at radius 3 is 2.70 bits per heavy atom. The smallest absolute Gasteiger partial charge is 0.129 e. The highest BCUT2D eigenvalue weighted by Crippen LogP contribution is 2.12. The van der Waals surface area contributed by atoms with Gasteiger partial charge in [-0.1, -0.05) is 0 Å². The molecule has 1 aromatic heterocycles. The van der Waals surface area contributed by atoms with Crippen molar-refractivity contribution < 1.29 is 9.52 Å². The molecule has 56 valence electrons. The predicted octanol–water partition coefficient (Wildman–Crippen LogP) is 1.63. The van der Waals surface area contributed by atoms with Crippen molar-refractivity contribution >= 4 is 11.8 Å².